The standard InChI is InChI=1S/C13H18N2O2S/c14-9-11-2-1-3-12(8-11)18-10-13(16)15-4-6-17-7-5-15/h1-3,8H,4-7,9-10,14H2. The van der Waals surface area contributed by atoms with Gasteiger partial charge in [0.1, 0.15) is 0 Å². The van der Waals surface area contributed by atoms with Crippen LogP contribution in [0, 0.1) is 0 Å². The molecule has 4 nitrogen and oxygen atoms in total. The highest BCUT2D eigenvalue weighted by Crippen LogP contribution is 2.19. The zero-order valence-corrected chi connectivity index (χ0v) is 11.1. The average molecular weight is 266 g/mol. The van der Waals surface area contributed by atoms with E-state index in [2.05, 4.69) is 0 Å². The van der Waals surface area contributed by atoms with Crippen LogP contribution in [-0.4, -0.2) is 42.9 Å². The Bertz CT molecular complexity index is 406. The van der Waals surface area contributed by atoms with Crippen LogP contribution in [0.2, 0.25) is 0 Å². The normalized spacial score (nSPS) is 15.7. The molecule has 1 fully saturated rings. The molecule has 0 aromatic heterocycles. The molecule has 1 saturated heterocycles. The molecule has 1 aliphatic heterocycles. The minimum atomic E-state index is 0.182. The summed E-state index contributed by atoms with van der Waals surface area (Å²) in [5.74, 6) is 0.662. The van der Waals surface area contributed by atoms with E-state index in [0.29, 0.717) is 38.6 Å². The molecule has 1 amide bonds. The van der Waals surface area contributed by atoms with E-state index in [0.717, 1.165) is 10.5 Å². The SMILES string of the molecule is NCc1cccc(SCC(=O)N2CCOCC2)c1. The molecule has 2 N–H and O–H groups in total. The highest BCUT2D eigenvalue weighted by Gasteiger charge is 2.16. The molecular formula is C13H18N2O2S. The number of morpholine rings is 1. The van der Waals surface area contributed by atoms with Crippen LogP contribution < -0.4 is 5.73 Å². The van der Waals surface area contributed by atoms with Crippen LogP contribution in [0.15, 0.2) is 29.2 Å². The molecule has 98 valence electrons. The van der Waals surface area contributed by atoms with Crippen molar-refractivity contribution in [2.45, 2.75) is 11.4 Å². The Morgan fingerprint density at radius 3 is 2.89 bits per heavy atom. The Morgan fingerprint density at radius 1 is 1.39 bits per heavy atom. The molecule has 1 aliphatic rings. The second-order valence-corrected chi connectivity index (χ2v) is 5.18. The summed E-state index contributed by atoms with van der Waals surface area (Å²) in [6, 6.07) is 8.02. The van der Waals surface area contributed by atoms with Crippen LogP contribution in [-0.2, 0) is 16.1 Å². The number of nitrogens with zero attached hydrogens (tertiary/aromatic N) is 1. The van der Waals surface area contributed by atoms with Crippen molar-refractivity contribution < 1.29 is 9.53 Å². The molecule has 18 heavy (non-hydrogen) atoms. The van der Waals surface area contributed by atoms with Gasteiger partial charge in [-0.15, -0.1) is 11.8 Å². The topological polar surface area (TPSA) is 55.6 Å². The molecule has 1 aromatic carbocycles. The summed E-state index contributed by atoms with van der Waals surface area (Å²) in [5.41, 5.74) is 6.69. The molecule has 0 atom stereocenters. The van der Waals surface area contributed by atoms with Gasteiger partial charge in [-0.25, -0.2) is 0 Å². The highest BCUT2D eigenvalue weighted by atomic mass is 32.2. The Morgan fingerprint density at radius 2 is 2.17 bits per heavy atom. The largest absolute Gasteiger partial charge is 0.378 e. The Balaban J connectivity index is 1.84. The second kappa shape index (κ2) is 6.78. The number of carbonyl (C=O) groups excluding carboxylic acids is 1. The molecular weight excluding hydrogens is 248 g/mol. The molecule has 1 heterocycles. The van der Waals surface area contributed by atoms with Crippen LogP contribution in [0.4, 0.5) is 0 Å². The van der Waals surface area contributed by atoms with Crippen LogP contribution in [0.1, 0.15) is 5.56 Å². The maximum absolute atomic E-state index is 12.0. The zero-order chi connectivity index (χ0) is 12.8. The van der Waals surface area contributed by atoms with E-state index in [9.17, 15) is 4.79 Å². The fourth-order valence-corrected chi connectivity index (χ4v) is 2.69. The van der Waals surface area contributed by atoms with Gasteiger partial charge < -0.3 is 15.4 Å². The molecule has 0 radical (unpaired) electrons. The first kappa shape index (κ1) is 13.4. The smallest absolute Gasteiger partial charge is 0.233 e. The van der Waals surface area contributed by atoms with Gasteiger partial charge in [0.25, 0.3) is 0 Å². The molecule has 2 rings (SSSR count). The number of rotatable bonds is 4. The van der Waals surface area contributed by atoms with Crippen molar-refractivity contribution in [2.75, 3.05) is 32.1 Å². The van der Waals surface area contributed by atoms with E-state index in [1.165, 1.54) is 0 Å². The molecule has 0 aliphatic carbocycles. The zero-order valence-electron chi connectivity index (χ0n) is 10.3. The third-order valence-electron chi connectivity index (χ3n) is 2.86. The number of hydrogen-bond donors (Lipinski definition) is 1. The maximum atomic E-state index is 12.0. The highest BCUT2D eigenvalue weighted by molar-refractivity contribution is 8.00. The lowest BCUT2D eigenvalue weighted by molar-refractivity contribution is -0.132. The molecule has 0 unspecified atom stereocenters. The predicted molar refractivity (Wildman–Crippen MR) is 72.5 cm³/mol. The van der Waals surface area contributed by atoms with Crippen molar-refractivity contribution in [3.8, 4) is 0 Å². The fourth-order valence-electron chi connectivity index (χ4n) is 1.81. The molecule has 5 heteroatoms. The van der Waals surface area contributed by atoms with Gasteiger partial charge in [-0.3, -0.25) is 4.79 Å². The Kier molecular flexibility index (Phi) is 5.04. The molecule has 0 saturated carbocycles. The third kappa shape index (κ3) is 3.73. The van der Waals surface area contributed by atoms with Gasteiger partial charge >= 0.3 is 0 Å². The lowest BCUT2D eigenvalue weighted by atomic mass is 10.2. The number of amides is 1. The van der Waals surface area contributed by atoms with Gasteiger partial charge in [-0.2, -0.15) is 0 Å². The van der Waals surface area contributed by atoms with E-state index in [-0.39, 0.29) is 5.91 Å². The molecule has 0 spiro atoms. The summed E-state index contributed by atoms with van der Waals surface area (Å²) >= 11 is 1.56. The minimum Gasteiger partial charge on any atom is -0.378 e. The van der Waals surface area contributed by atoms with Crippen LogP contribution >= 0.6 is 11.8 Å². The van der Waals surface area contributed by atoms with Gasteiger partial charge in [0, 0.05) is 24.5 Å². The van der Waals surface area contributed by atoms with Crippen LogP contribution in [0.25, 0.3) is 0 Å². The summed E-state index contributed by atoms with van der Waals surface area (Å²) in [4.78, 5) is 14.9. The number of carbonyl (C=O) groups is 1. The van der Waals surface area contributed by atoms with Gasteiger partial charge in [-0.05, 0) is 17.7 Å². The van der Waals surface area contributed by atoms with E-state index < -0.39 is 0 Å². The van der Waals surface area contributed by atoms with Crippen molar-refractivity contribution in [2.24, 2.45) is 5.73 Å². The lowest BCUT2D eigenvalue weighted by Gasteiger charge is -2.26. The van der Waals surface area contributed by atoms with Crippen LogP contribution in [0.3, 0.4) is 0 Å². The summed E-state index contributed by atoms with van der Waals surface area (Å²) in [6.45, 7) is 3.26. The van der Waals surface area contributed by atoms with Crippen molar-refractivity contribution in [3.05, 3.63) is 29.8 Å². The van der Waals surface area contributed by atoms with Gasteiger partial charge in [0.05, 0.1) is 19.0 Å². The third-order valence-corrected chi connectivity index (χ3v) is 3.84. The number of nitrogens with two attached hydrogens (primary N) is 1. The van der Waals surface area contributed by atoms with Gasteiger partial charge in [0.15, 0.2) is 0 Å². The monoisotopic (exact) mass is 266 g/mol. The Hall–Kier alpha value is -1.04. The van der Waals surface area contributed by atoms with E-state index >= 15 is 0 Å². The quantitative estimate of drug-likeness (QED) is 0.829. The van der Waals surface area contributed by atoms with Crippen molar-refractivity contribution in [1.29, 1.82) is 0 Å². The Labute approximate surface area is 111 Å². The van der Waals surface area contributed by atoms with Gasteiger partial charge in [-0.1, -0.05) is 12.1 Å². The average Bonchev–Trinajstić information content (AvgIpc) is 2.46. The molecule has 1 aromatic rings. The summed E-state index contributed by atoms with van der Waals surface area (Å²) in [6.07, 6.45) is 0. The van der Waals surface area contributed by atoms with E-state index in [1.54, 1.807) is 11.8 Å². The van der Waals surface area contributed by atoms with E-state index in [4.69, 9.17) is 10.5 Å². The number of thioether (sulfide) groups is 1. The van der Waals surface area contributed by atoms with Gasteiger partial charge in [0.2, 0.25) is 5.91 Å². The van der Waals surface area contributed by atoms with Crippen molar-refractivity contribution in [3.63, 3.8) is 0 Å². The maximum Gasteiger partial charge on any atom is 0.233 e. The van der Waals surface area contributed by atoms with Crippen molar-refractivity contribution >= 4 is 17.7 Å². The first-order valence-electron chi connectivity index (χ1n) is 6.07. The van der Waals surface area contributed by atoms with Crippen LogP contribution in [0.5, 0.6) is 0 Å². The number of benzene rings is 1. The predicted octanol–water partition coefficient (Wildman–Crippen LogP) is 1.10. The first-order chi connectivity index (χ1) is 8.79. The number of hydrogen-bond acceptors (Lipinski definition) is 4. The summed E-state index contributed by atoms with van der Waals surface area (Å²) in [7, 11) is 0. The first-order valence-corrected chi connectivity index (χ1v) is 7.05. The summed E-state index contributed by atoms with van der Waals surface area (Å²) < 4.78 is 5.23. The number of ether oxygens (including phenoxy) is 1. The lowest BCUT2D eigenvalue weighted by Crippen LogP contribution is -2.41. The second-order valence-electron chi connectivity index (χ2n) is 4.13. The fraction of sp³-hybridized carbons (Fsp3) is 0.462. The van der Waals surface area contributed by atoms with E-state index in [1.807, 2.05) is 29.2 Å². The molecule has 0 bridgehead atoms. The summed E-state index contributed by atoms with van der Waals surface area (Å²) in [5, 5.41) is 0. The minimum absolute atomic E-state index is 0.182. The van der Waals surface area contributed by atoms with Crippen molar-refractivity contribution in [1.82, 2.24) is 4.90 Å².